The van der Waals surface area contributed by atoms with E-state index in [9.17, 15) is 14.0 Å². The fourth-order valence-corrected chi connectivity index (χ4v) is 5.38. The van der Waals surface area contributed by atoms with Crippen molar-refractivity contribution in [3.63, 3.8) is 0 Å². The van der Waals surface area contributed by atoms with Gasteiger partial charge in [-0.05, 0) is 55.3 Å². The highest BCUT2D eigenvalue weighted by atomic mass is 19.1. The Morgan fingerprint density at radius 1 is 1.02 bits per heavy atom. The van der Waals surface area contributed by atoms with E-state index in [1.807, 2.05) is 29.7 Å². The van der Waals surface area contributed by atoms with E-state index in [1.165, 1.54) is 18.5 Å². The van der Waals surface area contributed by atoms with E-state index in [0.717, 1.165) is 29.9 Å². The number of aryl methyl sites for hydroxylation is 2. The highest BCUT2D eigenvalue weighted by Gasteiger charge is 2.24. The van der Waals surface area contributed by atoms with Gasteiger partial charge < -0.3 is 30.5 Å². The minimum Gasteiger partial charge on any atom is -0.378 e. The van der Waals surface area contributed by atoms with Crippen molar-refractivity contribution >= 4 is 40.2 Å². The van der Waals surface area contributed by atoms with Crippen molar-refractivity contribution in [2.75, 3.05) is 68.0 Å². The van der Waals surface area contributed by atoms with Gasteiger partial charge in [0.05, 0.1) is 18.8 Å². The van der Waals surface area contributed by atoms with Crippen LogP contribution in [-0.4, -0.2) is 83.8 Å². The van der Waals surface area contributed by atoms with Gasteiger partial charge in [0, 0.05) is 68.1 Å². The summed E-state index contributed by atoms with van der Waals surface area (Å²) in [5, 5.41) is 13.9. The van der Waals surface area contributed by atoms with Crippen LogP contribution in [0.4, 0.5) is 27.3 Å². The van der Waals surface area contributed by atoms with Gasteiger partial charge in [-0.15, -0.1) is 0 Å². The van der Waals surface area contributed by atoms with Gasteiger partial charge in [0.15, 0.2) is 5.82 Å². The monoisotopic (exact) mass is 572 g/mol. The number of morpholine rings is 1. The molecule has 0 bridgehead atoms. The van der Waals surface area contributed by atoms with Gasteiger partial charge >= 0.3 is 0 Å². The fraction of sp³-hybridized carbons (Fsp3) is 0.333. The van der Waals surface area contributed by atoms with Gasteiger partial charge in [0.25, 0.3) is 11.8 Å². The minimum atomic E-state index is -0.472. The van der Waals surface area contributed by atoms with Gasteiger partial charge in [-0.25, -0.2) is 13.9 Å². The molecule has 0 spiro atoms. The van der Waals surface area contributed by atoms with Crippen molar-refractivity contribution in [1.29, 1.82) is 0 Å². The zero-order chi connectivity index (χ0) is 29.2. The van der Waals surface area contributed by atoms with Crippen LogP contribution in [0.5, 0.6) is 0 Å². The van der Waals surface area contributed by atoms with E-state index in [4.69, 9.17) is 4.74 Å². The van der Waals surface area contributed by atoms with Crippen LogP contribution in [0.15, 0.2) is 48.9 Å². The van der Waals surface area contributed by atoms with Crippen molar-refractivity contribution in [3.05, 3.63) is 77.0 Å². The highest BCUT2D eigenvalue weighted by Crippen LogP contribution is 2.29. The number of piperazine rings is 1. The molecule has 42 heavy (non-hydrogen) atoms. The number of carbonyl (C=O) groups is 2. The van der Waals surface area contributed by atoms with Crippen LogP contribution >= 0.6 is 0 Å². The third-order valence-electron chi connectivity index (χ3n) is 7.73. The third kappa shape index (κ3) is 5.63. The molecule has 0 unspecified atom stereocenters. The summed E-state index contributed by atoms with van der Waals surface area (Å²) in [5.74, 6) is -0.378. The lowest BCUT2D eigenvalue weighted by Crippen LogP contribution is -2.46. The van der Waals surface area contributed by atoms with E-state index in [2.05, 4.69) is 26.0 Å². The van der Waals surface area contributed by atoms with Crippen molar-refractivity contribution in [1.82, 2.24) is 24.8 Å². The van der Waals surface area contributed by atoms with Gasteiger partial charge in [0.2, 0.25) is 0 Å². The molecule has 4 aromatic rings. The Balaban J connectivity index is 1.24. The summed E-state index contributed by atoms with van der Waals surface area (Å²) in [6, 6.07) is 9.85. The second kappa shape index (κ2) is 11.7. The summed E-state index contributed by atoms with van der Waals surface area (Å²) in [6.07, 6.45) is 3.18. The first-order valence-electron chi connectivity index (χ1n) is 14.0. The second-order valence-corrected chi connectivity index (χ2v) is 10.5. The first-order valence-corrected chi connectivity index (χ1v) is 14.0. The van der Waals surface area contributed by atoms with Crippen LogP contribution in [0.1, 0.15) is 31.8 Å². The predicted molar refractivity (Wildman–Crippen MR) is 158 cm³/mol. The molecular formula is C30H33FN8O3. The second-order valence-electron chi connectivity index (χ2n) is 10.5. The van der Waals surface area contributed by atoms with Crippen LogP contribution < -0.4 is 20.9 Å². The molecule has 2 amide bonds. The molecule has 2 aromatic heterocycles. The number of benzene rings is 2. The van der Waals surface area contributed by atoms with Gasteiger partial charge in [-0.1, -0.05) is 6.07 Å². The number of halogens is 1. The molecule has 2 saturated heterocycles. The molecule has 0 aliphatic carbocycles. The van der Waals surface area contributed by atoms with Crippen LogP contribution in [-0.2, 0) is 4.74 Å². The maximum Gasteiger partial charge on any atom is 0.255 e. The summed E-state index contributed by atoms with van der Waals surface area (Å²) in [6.45, 7) is 9.09. The number of anilines is 4. The number of hydrogen-bond donors (Lipinski definition) is 3. The van der Waals surface area contributed by atoms with E-state index in [-0.39, 0.29) is 11.5 Å². The molecule has 4 heterocycles. The van der Waals surface area contributed by atoms with Crippen molar-refractivity contribution in [3.8, 4) is 0 Å². The van der Waals surface area contributed by atoms with Crippen LogP contribution in [0, 0.1) is 19.7 Å². The lowest BCUT2D eigenvalue weighted by molar-refractivity contribution is 0.0735. The zero-order valence-corrected chi connectivity index (χ0v) is 23.6. The Bertz CT molecular complexity index is 1640. The quantitative estimate of drug-likeness (QED) is 0.322. The Morgan fingerprint density at radius 2 is 1.81 bits per heavy atom. The Kier molecular flexibility index (Phi) is 7.72. The standard InChI is InChI=1S/C30H33FN8O3/c1-19-3-4-23(35-29(40)21-13-22(31)15-24(14-21)37-9-11-42-12-10-37)16-26(19)36-28-27-20(2)25(17-39(27)34-18-33-28)30(41)38-7-5-32-6-8-38/h3-4,13-18,32H,5-12H2,1-2H3,(H,35,40)(H,33,34,36). The number of aromatic nitrogens is 3. The number of amides is 2. The number of nitrogens with zero attached hydrogens (tertiary/aromatic N) is 5. The van der Waals surface area contributed by atoms with E-state index < -0.39 is 11.7 Å². The van der Waals surface area contributed by atoms with Crippen molar-refractivity contribution < 1.29 is 18.7 Å². The SMILES string of the molecule is Cc1ccc(NC(=O)c2cc(F)cc(N3CCOCC3)c2)cc1Nc1ncnn2cc(C(=O)N3CCNCC3)c(C)c12. The Hall–Kier alpha value is -4.55. The summed E-state index contributed by atoms with van der Waals surface area (Å²) in [5.41, 5.74) is 5.13. The van der Waals surface area contributed by atoms with Crippen LogP contribution in [0.25, 0.3) is 5.52 Å². The average Bonchev–Trinajstić information content (AvgIpc) is 3.36. The lowest BCUT2D eigenvalue weighted by Gasteiger charge is -2.29. The number of ether oxygens (including phenoxy) is 1. The molecule has 2 aromatic carbocycles. The van der Waals surface area contributed by atoms with E-state index >= 15 is 0 Å². The zero-order valence-electron chi connectivity index (χ0n) is 23.6. The summed E-state index contributed by atoms with van der Waals surface area (Å²) in [7, 11) is 0. The maximum absolute atomic E-state index is 14.5. The van der Waals surface area contributed by atoms with Crippen molar-refractivity contribution in [2.24, 2.45) is 0 Å². The average molecular weight is 573 g/mol. The first kappa shape index (κ1) is 27.6. The molecule has 3 N–H and O–H groups in total. The molecule has 2 aliphatic heterocycles. The van der Waals surface area contributed by atoms with Gasteiger partial charge in [-0.2, -0.15) is 5.10 Å². The number of fused-ring (bicyclic) bond motifs is 1. The predicted octanol–water partition coefficient (Wildman–Crippen LogP) is 3.36. The number of carbonyl (C=O) groups excluding carboxylic acids is 2. The van der Waals surface area contributed by atoms with Crippen molar-refractivity contribution in [2.45, 2.75) is 13.8 Å². The van der Waals surface area contributed by atoms with E-state index in [1.54, 1.807) is 28.9 Å². The molecule has 0 saturated carbocycles. The van der Waals surface area contributed by atoms with E-state index in [0.29, 0.717) is 67.7 Å². The number of rotatable bonds is 6. The maximum atomic E-state index is 14.5. The largest absolute Gasteiger partial charge is 0.378 e. The number of hydrogen-bond acceptors (Lipinski definition) is 8. The fourth-order valence-electron chi connectivity index (χ4n) is 5.38. The van der Waals surface area contributed by atoms with Gasteiger partial charge in [0.1, 0.15) is 17.7 Å². The molecule has 218 valence electrons. The topological polar surface area (TPSA) is 116 Å². The molecule has 2 fully saturated rings. The summed E-state index contributed by atoms with van der Waals surface area (Å²) in [4.78, 5) is 34.7. The third-order valence-corrected chi connectivity index (χ3v) is 7.73. The number of nitrogens with one attached hydrogen (secondary N) is 3. The first-order chi connectivity index (χ1) is 20.4. The Labute approximate surface area is 242 Å². The highest BCUT2D eigenvalue weighted by molar-refractivity contribution is 6.05. The summed E-state index contributed by atoms with van der Waals surface area (Å²) < 4.78 is 21.5. The normalized spacial score (nSPS) is 15.6. The Morgan fingerprint density at radius 3 is 2.60 bits per heavy atom. The van der Waals surface area contributed by atoms with Gasteiger partial charge in [-0.3, -0.25) is 9.59 Å². The summed E-state index contributed by atoms with van der Waals surface area (Å²) >= 11 is 0. The lowest BCUT2D eigenvalue weighted by atomic mass is 10.1. The minimum absolute atomic E-state index is 0.0273. The van der Waals surface area contributed by atoms with Crippen LogP contribution in [0.2, 0.25) is 0 Å². The molecule has 0 radical (unpaired) electrons. The smallest absolute Gasteiger partial charge is 0.255 e. The van der Waals surface area contributed by atoms with Crippen LogP contribution in [0.3, 0.4) is 0 Å². The molecule has 0 atom stereocenters. The molecule has 6 rings (SSSR count). The molecule has 2 aliphatic rings. The molecular weight excluding hydrogens is 539 g/mol. The molecule has 11 nitrogen and oxygen atoms in total. The molecule has 12 heteroatoms.